The van der Waals surface area contributed by atoms with Gasteiger partial charge in [-0.25, -0.2) is 4.98 Å². The van der Waals surface area contributed by atoms with Crippen molar-refractivity contribution in [3.8, 4) is 0 Å². The van der Waals surface area contributed by atoms with Gasteiger partial charge in [0, 0.05) is 12.2 Å². The minimum absolute atomic E-state index is 0.571. The highest BCUT2D eigenvalue weighted by molar-refractivity contribution is 9.10. The minimum Gasteiger partial charge on any atom is -0.366 e. The van der Waals surface area contributed by atoms with Crippen molar-refractivity contribution < 1.29 is 0 Å². The molecule has 0 radical (unpaired) electrons. The summed E-state index contributed by atoms with van der Waals surface area (Å²) in [4.78, 5) is 4.40. The van der Waals surface area contributed by atoms with E-state index in [1.807, 2.05) is 18.3 Å². The molecule has 0 aliphatic heterocycles. The molecule has 1 atom stereocenters. The molecule has 0 spiro atoms. The van der Waals surface area contributed by atoms with Crippen molar-refractivity contribution >= 4 is 21.7 Å². The van der Waals surface area contributed by atoms with E-state index in [0.717, 1.165) is 16.2 Å². The zero-order valence-electron chi connectivity index (χ0n) is 10.5. The molecular weight excluding hydrogens is 276 g/mol. The maximum atomic E-state index is 4.40. The lowest BCUT2D eigenvalue weighted by Gasteiger charge is -2.30. The lowest BCUT2D eigenvalue weighted by atomic mass is 9.83. The Bertz CT molecular complexity index is 348. The van der Waals surface area contributed by atoms with Crippen LogP contribution in [0.1, 0.15) is 45.4 Å². The van der Waals surface area contributed by atoms with Crippen LogP contribution in [0.25, 0.3) is 0 Å². The largest absolute Gasteiger partial charge is 0.366 e. The van der Waals surface area contributed by atoms with E-state index in [4.69, 9.17) is 0 Å². The van der Waals surface area contributed by atoms with Gasteiger partial charge in [0.15, 0.2) is 0 Å². The fourth-order valence-corrected chi connectivity index (χ4v) is 3.13. The number of nitrogens with one attached hydrogen (secondary N) is 1. The number of pyridine rings is 1. The van der Waals surface area contributed by atoms with E-state index in [2.05, 4.69) is 33.2 Å². The lowest BCUT2D eigenvalue weighted by Crippen LogP contribution is -2.30. The Kier molecular flexibility index (Phi) is 4.84. The monoisotopic (exact) mass is 296 g/mol. The molecule has 1 saturated carbocycles. The van der Waals surface area contributed by atoms with E-state index in [-0.39, 0.29) is 0 Å². The normalized spacial score (nSPS) is 18.9. The summed E-state index contributed by atoms with van der Waals surface area (Å²) in [5, 5.41) is 3.61. The van der Waals surface area contributed by atoms with Crippen LogP contribution >= 0.6 is 15.9 Å². The van der Waals surface area contributed by atoms with Crippen LogP contribution in [-0.2, 0) is 0 Å². The van der Waals surface area contributed by atoms with Crippen LogP contribution in [0.3, 0.4) is 0 Å². The maximum Gasteiger partial charge on any atom is 0.140 e. The SMILES string of the molecule is CCC(Nc1ncccc1Br)C1CCCCC1. The first-order chi connectivity index (χ1) is 8.31. The van der Waals surface area contributed by atoms with E-state index in [9.17, 15) is 0 Å². The molecule has 1 aliphatic carbocycles. The molecule has 1 aromatic heterocycles. The molecule has 94 valence electrons. The van der Waals surface area contributed by atoms with Crippen LogP contribution in [0, 0.1) is 5.92 Å². The Balaban J connectivity index is 2.01. The zero-order chi connectivity index (χ0) is 12.1. The number of nitrogens with zero attached hydrogens (tertiary/aromatic N) is 1. The fraction of sp³-hybridized carbons (Fsp3) is 0.643. The van der Waals surface area contributed by atoms with E-state index in [0.29, 0.717) is 6.04 Å². The third-order valence-electron chi connectivity index (χ3n) is 3.74. The van der Waals surface area contributed by atoms with Gasteiger partial charge in [0.25, 0.3) is 0 Å². The van der Waals surface area contributed by atoms with Crippen molar-refractivity contribution in [2.45, 2.75) is 51.5 Å². The predicted octanol–water partition coefficient (Wildman–Crippen LogP) is 4.61. The van der Waals surface area contributed by atoms with Crippen LogP contribution in [0.4, 0.5) is 5.82 Å². The van der Waals surface area contributed by atoms with Crippen molar-refractivity contribution in [1.29, 1.82) is 0 Å². The summed E-state index contributed by atoms with van der Waals surface area (Å²) in [5.41, 5.74) is 0. The highest BCUT2D eigenvalue weighted by Gasteiger charge is 2.22. The molecule has 1 N–H and O–H groups in total. The Morgan fingerprint density at radius 1 is 1.41 bits per heavy atom. The third-order valence-corrected chi connectivity index (χ3v) is 4.38. The summed E-state index contributed by atoms with van der Waals surface area (Å²) in [5.74, 6) is 1.81. The van der Waals surface area contributed by atoms with E-state index >= 15 is 0 Å². The molecule has 2 nitrogen and oxygen atoms in total. The molecule has 1 aliphatic rings. The van der Waals surface area contributed by atoms with Gasteiger partial charge in [0.1, 0.15) is 5.82 Å². The predicted molar refractivity (Wildman–Crippen MR) is 76.2 cm³/mol. The van der Waals surface area contributed by atoms with Gasteiger partial charge in [-0.15, -0.1) is 0 Å². The summed E-state index contributed by atoms with van der Waals surface area (Å²) < 4.78 is 1.06. The molecule has 0 amide bonds. The first kappa shape index (κ1) is 12.9. The van der Waals surface area contributed by atoms with Crippen LogP contribution < -0.4 is 5.32 Å². The second-order valence-electron chi connectivity index (χ2n) is 4.89. The first-order valence-electron chi connectivity index (χ1n) is 6.68. The Labute approximate surface area is 112 Å². The van der Waals surface area contributed by atoms with Gasteiger partial charge in [-0.3, -0.25) is 0 Å². The maximum absolute atomic E-state index is 4.40. The molecule has 17 heavy (non-hydrogen) atoms. The molecule has 3 heteroatoms. The topological polar surface area (TPSA) is 24.9 Å². The zero-order valence-corrected chi connectivity index (χ0v) is 12.0. The quantitative estimate of drug-likeness (QED) is 0.877. The summed E-state index contributed by atoms with van der Waals surface area (Å²) in [6, 6.07) is 4.57. The molecule has 1 unspecified atom stereocenters. The lowest BCUT2D eigenvalue weighted by molar-refractivity contribution is 0.312. The fourth-order valence-electron chi connectivity index (χ4n) is 2.76. The van der Waals surface area contributed by atoms with Crippen LogP contribution in [0.2, 0.25) is 0 Å². The van der Waals surface area contributed by atoms with Crippen LogP contribution in [0.15, 0.2) is 22.8 Å². The number of hydrogen-bond donors (Lipinski definition) is 1. The molecule has 1 aromatic rings. The number of aromatic nitrogens is 1. The molecule has 1 heterocycles. The van der Waals surface area contributed by atoms with Gasteiger partial charge in [0.2, 0.25) is 0 Å². The summed E-state index contributed by atoms with van der Waals surface area (Å²) in [7, 11) is 0. The summed E-state index contributed by atoms with van der Waals surface area (Å²) in [6.45, 7) is 2.27. The van der Waals surface area contributed by atoms with Crippen LogP contribution in [-0.4, -0.2) is 11.0 Å². The van der Waals surface area contributed by atoms with Crippen molar-refractivity contribution in [3.05, 3.63) is 22.8 Å². The Hall–Kier alpha value is -0.570. The van der Waals surface area contributed by atoms with Crippen molar-refractivity contribution in [1.82, 2.24) is 4.98 Å². The average Bonchev–Trinajstić information content (AvgIpc) is 2.39. The highest BCUT2D eigenvalue weighted by atomic mass is 79.9. The van der Waals surface area contributed by atoms with Crippen molar-refractivity contribution in [2.24, 2.45) is 5.92 Å². The number of anilines is 1. The first-order valence-corrected chi connectivity index (χ1v) is 7.47. The Morgan fingerprint density at radius 2 is 2.18 bits per heavy atom. The molecule has 0 bridgehead atoms. The van der Waals surface area contributed by atoms with Crippen molar-refractivity contribution in [2.75, 3.05) is 5.32 Å². The van der Waals surface area contributed by atoms with Gasteiger partial charge < -0.3 is 5.32 Å². The highest BCUT2D eigenvalue weighted by Crippen LogP contribution is 2.30. The van der Waals surface area contributed by atoms with Gasteiger partial charge in [-0.2, -0.15) is 0 Å². The Morgan fingerprint density at radius 3 is 2.82 bits per heavy atom. The molecule has 2 rings (SSSR count). The smallest absolute Gasteiger partial charge is 0.140 e. The van der Waals surface area contributed by atoms with Gasteiger partial charge in [-0.1, -0.05) is 26.2 Å². The minimum atomic E-state index is 0.571. The van der Waals surface area contributed by atoms with Crippen molar-refractivity contribution in [3.63, 3.8) is 0 Å². The third kappa shape index (κ3) is 3.44. The van der Waals surface area contributed by atoms with E-state index in [1.54, 1.807) is 0 Å². The van der Waals surface area contributed by atoms with Crippen LogP contribution in [0.5, 0.6) is 0 Å². The standard InChI is InChI=1S/C14H21BrN2/c1-2-13(11-7-4-3-5-8-11)17-14-12(15)9-6-10-16-14/h6,9-11,13H,2-5,7-8H2,1H3,(H,16,17). The second kappa shape index (κ2) is 6.39. The van der Waals surface area contributed by atoms with Gasteiger partial charge in [0.05, 0.1) is 4.47 Å². The molecular formula is C14H21BrN2. The number of hydrogen-bond acceptors (Lipinski definition) is 2. The molecule has 1 fully saturated rings. The van der Waals surface area contributed by atoms with E-state index in [1.165, 1.54) is 38.5 Å². The molecule has 0 saturated heterocycles. The van der Waals surface area contributed by atoms with Gasteiger partial charge >= 0.3 is 0 Å². The summed E-state index contributed by atoms with van der Waals surface area (Å²) in [6.07, 6.45) is 9.97. The number of rotatable bonds is 4. The average molecular weight is 297 g/mol. The van der Waals surface area contributed by atoms with E-state index < -0.39 is 0 Å². The number of halogens is 1. The summed E-state index contributed by atoms with van der Waals surface area (Å²) >= 11 is 3.55. The second-order valence-corrected chi connectivity index (χ2v) is 5.75. The van der Waals surface area contributed by atoms with Gasteiger partial charge in [-0.05, 0) is 53.2 Å². The molecule has 0 aromatic carbocycles.